The standard InChI is InChI=1S/C15H26N2O4/c1-5-21-15(20)12-6-8-17(9-7-12)14(19)13(10(2)3)16-11(4)18/h10,12-13H,5-9H2,1-4H3,(H,16,18). The molecule has 0 aromatic carbocycles. The summed E-state index contributed by atoms with van der Waals surface area (Å²) >= 11 is 0. The van der Waals surface area contributed by atoms with Gasteiger partial charge in [-0.15, -0.1) is 0 Å². The number of ether oxygens (including phenoxy) is 1. The Bertz CT molecular complexity index is 387. The van der Waals surface area contributed by atoms with E-state index in [1.165, 1.54) is 6.92 Å². The lowest BCUT2D eigenvalue weighted by atomic mass is 9.95. The Hall–Kier alpha value is -1.59. The average Bonchev–Trinajstić information content (AvgIpc) is 2.44. The van der Waals surface area contributed by atoms with Crippen LogP contribution in [0.1, 0.15) is 40.5 Å². The molecule has 0 saturated carbocycles. The molecule has 1 saturated heterocycles. The molecule has 0 aliphatic carbocycles. The summed E-state index contributed by atoms with van der Waals surface area (Å²) in [5.74, 6) is -0.533. The van der Waals surface area contributed by atoms with Gasteiger partial charge in [-0.05, 0) is 25.7 Å². The van der Waals surface area contributed by atoms with Crippen LogP contribution in [0.25, 0.3) is 0 Å². The van der Waals surface area contributed by atoms with Crippen molar-refractivity contribution in [1.82, 2.24) is 10.2 Å². The monoisotopic (exact) mass is 298 g/mol. The molecular formula is C15H26N2O4. The van der Waals surface area contributed by atoms with Gasteiger partial charge in [0, 0.05) is 20.0 Å². The third-order valence-electron chi connectivity index (χ3n) is 3.72. The normalized spacial score (nSPS) is 17.5. The first-order valence-electron chi connectivity index (χ1n) is 7.59. The second-order valence-corrected chi connectivity index (χ2v) is 5.77. The third-order valence-corrected chi connectivity index (χ3v) is 3.72. The van der Waals surface area contributed by atoms with E-state index < -0.39 is 6.04 Å². The highest BCUT2D eigenvalue weighted by atomic mass is 16.5. The van der Waals surface area contributed by atoms with Crippen molar-refractivity contribution < 1.29 is 19.1 Å². The molecule has 1 aliphatic rings. The molecule has 1 atom stereocenters. The topological polar surface area (TPSA) is 75.7 Å². The predicted molar refractivity (Wildman–Crippen MR) is 78.4 cm³/mol. The van der Waals surface area contributed by atoms with Crippen LogP contribution in [-0.4, -0.2) is 48.4 Å². The van der Waals surface area contributed by atoms with Gasteiger partial charge >= 0.3 is 5.97 Å². The molecular weight excluding hydrogens is 272 g/mol. The molecule has 1 N–H and O–H groups in total. The van der Waals surface area contributed by atoms with Gasteiger partial charge in [0.25, 0.3) is 0 Å². The Balaban J connectivity index is 2.57. The summed E-state index contributed by atoms with van der Waals surface area (Å²) in [6, 6.07) is -0.498. The number of carbonyl (C=O) groups is 3. The Morgan fingerprint density at radius 3 is 2.24 bits per heavy atom. The minimum Gasteiger partial charge on any atom is -0.466 e. The van der Waals surface area contributed by atoms with Crippen LogP contribution in [-0.2, 0) is 19.1 Å². The van der Waals surface area contributed by atoms with Gasteiger partial charge in [-0.2, -0.15) is 0 Å². The Labute approximate surface area is 126 Å². The van der Waals surface area contributed by atoms with Crippen molar-refractivity contribution in [2.24, 2.45) is 11.8 Å². The smallest absolute Gasteiger partial charge is 0.309 e. The highest BCUT2D eigenvalue weighted by Crippen LogP contribution is 2.20. The van der Waals surface area contributed by atoms with E-state index in [-0.39, 0.29) is 29.6 Å². The highest BCUT2D eigenvalue weighted by Gasteiger charge is 2.32. The van der Waals surface area contributed by atoms with Crippen LogP contribution in [0.4, 0.5) is 0 Å². The van der Waals surface area contributed by atoms with Crippen molar-refractivity contribution in [3.8, 4) is 0 Å². The van der Waals surface area contributed by atoms with E-state index in [1.807, 2.05) is 13.8 Å². The zero-order valence-corrected chi connectivity index (χ0v) is 13.3. The summed E-state index contributed by atoms with van der Waals surface area (Å²) in [7, 11) is 0. The van der Waals surface area contributed by atoms with Crippen molar-refractivity contribution in [2.45, 2.75) is 46.6 Å². The molecule has 2 amide bonds. The van der Waals surface area contributed by atoms with E-state index in [4.69, 9.17) is 4.74 Å². The lowest BCUT2D eigenvalue weighted by Gasteiger charge is -2.34. The minimum absolute atomic E-state index is 0.0316. The summed E-state index contributed by atoms with van der Waals surface area (Å²) < 4.78 is 5.02. The van der Waals surface area contributed by atoms with Crippen molar-refractivity contribution in [2.75, 3.05) is 19.7 Å². The van der Waals surface area contributed by atoms with E-state index in [0.717, 1.165) is 0 Å². The first-order chi connectivity index (χ1) is 9.86. The quantitative estimate of drug-likeness (QED) is 0.767. The zero-order valence-electron chi connectivity index (χ0n) is 13.3. The number of likely N-dealkylation sites (tertiary alicyclic amines) is 1. The summed E-state index contributed by atoms with van der Waals surface area (Å²) in [5.41, 5.74) is 0. The molecule has 6 heteroatoms. The molecule has 1 unspecified atom stereocenters. The van der Waals surface area contributed by atoms with Gasteiger partial charge in [-0.25, -0.2) is 0 Å². The fraction of sp³-hybridized carbons (Fsp3) is 0.800. The number of hydrogen-bond donors (Lipinski definition) is 1. The second-order valence-electron chi connectivity index (χ2n) is 5.77. The maximum Gasteiger partial charge on any atom is 0.309 e. The van der Waals surface area contributed by atoms with Gasteiger partial charge in [-0.1, -0.05) is 13.8 Å². The summed E-state index contributed by atoms with van der Waals surface area (Å²) in [5, 5.41) is 2.71. The van der Waals surface area contributed by atoms with Gasteiger partial charge in [0.1, 0.15) is 6.04 Å². The van der Waals surface area contributed by atoms with Crippen molar-refractivity contribution in [3.63, 3.8) is 0 Å². The Morgan fingerprint density at radius 2 is 1.81 bits per heavy atom. The maximum absolute atomic E-state index is 12.5. The highest BCUT2D eigenvalue weighted by molar-refractivity contribution is 5.87. The molecule has 1 aliphatic heterocycles. The lowest BCUT2D eigenvalue weighted by Crippen LogP contribution is -2.53. The molecule has 21 heavy (non-hydrogen) atoms. The Morgan fingerprint density at radius 1 is 1.24 bits per heavy atom. The number of rotatable bonds is 5. The first kappa shape index (κ1) is 17.5. The number of piperidine rings is 1. The second kappa shape index (κ2) is 8.00. The number of esters is 1. The van der Waals surface area contributed by atoms with Crippen LogP contribution in [0.3, 0.4) is 0 Å². The van der Waals surface area contributed by atoms with E-state index >= 15 is 0 Å². The van der Waals surface area contributed by atoms with Gasteiger partial charge in [-0.3, -0.25) is 14.4 Å². The molecule has 0 radical (unpaired) electrons. The molecule has 0 spiro atoms. The average molecular weight is 298 g/mol. The van der Waals surface area contributed by atoms with E-state index in [0.29, 0.717) is 32.5 Å². The van der Waals surface area contributed by atoms with Crippen LogP contribution >= 0.6 is 0 Å². The SMILES string of the molecule is CCOC(=O)C1CCN(C(=O)C(NC(C)=O)C(C)C)CC1. The van der Waals surface area contributed by atoms with Crippen LogP contribution in [0.15, 0.2) is 0 Å². The molecule has 1 fully saturated rings. The number of nitrogens with one attached hydrogen (secondary N) is 1. The van der Waals surface area contributed by atoms with Crippen LogP contribution in [0.2, 0.25) is 0 Å². The van der Waals surface area contributed by atoms with Gasteiger partial charge < -0.3 is 15.0 Å². The predicted octanol–water partition coefficient (Wildman–Crippen LogP) is 0.949. The number of amides is 2. The third kappa shape index (κ3) is 5.02. The van der Waals surface area contributed by atoms with Crippen LogP contribution in [0, 0.1) is 11.8 Å². The summed E-state index contributed by atoms with van der Waals surface area (Å²) in [4.78, 5) is 37.1. The molecule has 1 rings (SSSR count). The summed E-state index contributed by atoms with van der Waals surface area (Å²) in [6.45, 7) is 8.47. The molecule has 1 heterocycles. The Kier molecular flexibility index (Phi) is 6.65. The van der Waals surface area contributed by atoms with Gasteiger partial charge in [0.15, 0.2) is 0 Å². The van der Waals surface area contributed by atoms with Crippen molar-refractivity contribution >= 4 is 17.8 Å². The fourth-order valence-corrected chi connectivity index (χ4v) is 2.52. The largest absolute Gasteiger partial charge is 0.466 e. The van der Waals surface area contributed by atoms with E-state index in [2.05, 4.69) is 5.32 Å². The van der Waals surface area contributed by atoms with E-state index in [1.54, 1.807) is 11.8 Å². The lowest BCUT2D eigenvalue weighted by molar-refractivity contribution is -0.151. The van der Waals surface area contributed by atoms with Crippen LogP contribution in [0.5, 0.6) is 0 Å². The number of nitrogens with zero attached hydrogens (tertiary/aromatic N) is 1. The van der Waals surface area contributed by atoms with Crippen molar-refractivity contribution in [1.29, 1.82) is 0 Å². The number of hydrogen-bond acceptors (Lipinski definition) is 4. The fourth-order valence-electron chi connectivity index (χ4n) is 2.52. The number of carbonyl (C=O) groups excluding carboxylic acids is 3. The van der Waals surface area contributed by atoms with Crippen LogP contribution < -0.4 is 5.32 Å². The summed E-state index contributed by atoms with van der Waals surface area (Å²) in [6.07, 6.45) is 1.24. The zero-order chi connectivity index (χ0) is 16.0. The molecule has 0 aromatic rings. The van der Waals surface area contributed by atoms with Gasteiger partial charge in [0.2, 0.25) is 11.8 Å². The molecule has 0 aromatic heterocycles. The molecule has 6 nitrogen and oxygen atoms in total. The molecule has 0 bridgehead atoms. The molecule has 120 valence electrons. The maximum atomic E-state index is 12.5. The first-order valence-corrected chi connectivity index (χ1v) is 7.59. The van der Waals surface area contributed by atoms with Gasteiger partial charge in [0.05, 0.1) is 12.5 Å². The minimum atomic E-state index is -0.498. The van der Waals surface area contributed by atoms with E-state index in [9.17, 15) is 14.4 Å². The van der Waals surface area contributed by atoms with Crippen molar-refractivity contribution in [3.05, 3.63) is 0 Å².